The van der Waals surface area contributed by atoms with Crippen LogP contribution in [-0.2, 0) is 10.9 Å². The maximum atomic E-state index is 12.8. The van der Waals surface area contributed by atoms with Gasteiger partial charge < -0.3 is 0 Å². The van der Waals surface area contributed by atoms with Crippen molar-refractivity contribution >= 4 is 10.9 Å². The first-order valence-corrected chi connectivity index (χ1v) is 6.13. The average molecular weight is 243 g/mol. The van der Waals surface area contributed by atoms with Gasteiger partial charge in [-0.1, -0.05) is 24.3 Å². The van der Waals surface area contributed by atoms with Crippen molar-refractivity contribution in [1.29, 1.82) is 0 Å². The minimum absolute atomic E-state index is 0.727. The van der Waals surface area contributed by atoms with E-state index in [1.165, 1.54) is 12.2 Å². The van der Waals surface area contributed by atoms with Gasteiger partial charge in [-0.2, -0.15) is 13.2 Å². The van der Waals surface area contributed by atoms with Crippen LogP contribution in [0.5, 0.6) is 0 Å². The second-order valence-electron chi connectivity index (χ2n) is 3.36. The Morgan fingerprint density at radius 3 is 2.31 bits per heavy atom. The third-order valence-electron chi connectivity index (χ3n) is 2.23. The Morgan fingerprint density at radius 2 is 1.69 bits per heavy atom. The number of hydrogen-bond acceptors (Lipinski definition) is 0. The van der Waals surface area contributed by atoms with Crippen LogP contribution in [0.3, 0.4) is 0 Å². The van der Waals surface area contributed by atoms with Crippen molar-refractivity contribution in [2.45, 2.75) is 16.3 Å². The smallest absolute Gasteiger partial charge is 0.165 e. The predicted molar refractivity (Wildman–Crippen MR) is 60.2 cm³/mol. The molecule has 0 nitrogen and oxygen atoms in total. The molecule has 0 saturated carbocycles. The average Bonchev–Trinajstić information content (AvgIpc) is 2.29. The maximum absolute atomic E-state index is 12.8. The lowest BCUT2D eigenvalue weighted by Crippen LogP contribution is -2.34. The van der Waals surface area contributed by atoms with Crippen LogP contribution in [0.1, 0.15) is 0 Å². The van der Waals surface area contributed by atoms with E-state index in [1.807, 2.05) is 0 Å². The molecule has 0 radical (unpaired) electrons. The van der Waals surface area contributed by atoms with Crippen molar-refractivity contribution in [1.82, 2.24) is 0 Å². The number of hydrogen-bond donors (Lipinski definition) is 0. The minimum Gasteiger partial charge on any atom is -0.165 e. The van der Waals surface area contributed by atoms with Gasteiger partial charge in [-0.15, -0.1) is 0 Å². The van der Waals surface area contributed by atoms with E-state index in [0.29, 0.717) is 0 Å². The number of alkyl halides is 3. The molecular formula is C12H10F3S+. The van der Waals surface area contributed by atoms with E-state index < -0.39 is 22.3 Å². The standard InChI is InChI=1S/C12H10F3S/c13-12(14,15)11-8-4-5-9-16(11)10-6-2-1-3-7-10/h1-9,11H/q+1. The Kier molecular flexibility index (Phi) is 3.10. The fourth-order valence-corrected chi connectivity index (χ4v) is 3.42. The molecule has 1 aliphatic heterocycles. The molecule has 16 heavy (non-hydrogen) atoms. The normalized spacial score (nSPS) is 24.7. The number of halogens is 3. The minimum atomic E-state index is -4.18. The Labute approximate surface area is 94.8 Å². The highest BCUT2D eigenvalue weighted by atomic mass is 32.2. The molecule has 2 unspecified atom stereocenters. The molecule has 0 fully saturated rings. The van der Waals surface area contributed by atoms with Crippen LogP contribution in [0.25, 0.3) is 0 Å². The summed E-state index contributed by atoms with van der Waals surface area (Å²) in [5.41, 5.74) is 0. The van der Waals surface area contributed by atoms with Crippen molar-refractivity contribution in [3.05, 3.63) is 54.0 Å². The zero-order valence-corrected chi connectivity index (χ0v) is 9.13. The summed E-state index contributed by atoms with van der Waals surface area (Å²) in [6.07, 6.45) is 0.194. The van der Waals surface area contributed by atoms with Gasteiger partial charge in [0.25, 0.3) is 0 Å². The molecule has 0 aliphatic carbocycles. The Bertz CT molecular complexity index is 406. The van der Waals surface area contributed by atoms with Gasteiger partial charge in [-0.05, 0) is 24.3 Å². The quantitative estimate of drug-likeness (QED) is 0.660. The van der Waals surface area contributed by atoms with Gasteiger partial charge in [-0.25, -0.2) is 0 Å². The van der Waals surface area contributed by atoms with Crippen molar-refractivity contribution in [2.75, 3.05) is 0 Å². The van der Waals surface area contributed by atoms with E-state index >= 15 is 0 Å². The molecule has 84 valence electrons. The Morgan fingerprint density at radius 1 is 1.00 bits per heavy atom. The first-order chi connectivity index (χ1) is 7.59. The third kappa shape index (κ3) is 2.32. The van der Waals surface area contributed by atoms with Gasteiger partial charge in [0, 0.05) is 0 Å². The van der Waals surface area contributed by atoms with Crippen LogP contribution in [0.4, 0.5) is 13.2 Å². The molecule has 1 aromatic rings. The number of rotatable bonds is 1. The fourth-order valence-electron chi connectivity index (χ4n) is 1.52. The van der Waals surface area contributed by atoms with Gasteiger partial charge in [0.1, 0.15) is 5.41 Å². The van der Waals surface area contributed by atoms with E-state index in [9.17, 15) is 13.2 Å². The highest BCUT2D eigenvalue weighted by molar-refractivity contribution is 8.00. The first-order valence-electron chi connectivity index (χ1n) is 4.78. The van der Waals surface area contributed by atoms with E-state index in [1.54, 1.807) is 41.8 Å². The highest BCUT2D eigenvalue weighted by Gasteiger charge is 2.51. The zero-order chi connectivity index (χ0) is 11.6. The maximum Gasteiger partial charge on any atom is 0.441 e. The summed E-state index contributed by atoms with van der Waals surface area (Å²) in [5, 5.41) is 0.243. The van der Waals surface area contributed by atoms with Crippen LogP contribution in [-0.4, -0.2) is 11.4 Å². The van der Waals surface area contributed by atoms with Crippen LogP contribution in [0.15, 0.2) is 58.9 Å². The molecule has 0 N–H and O–H groups in total. The van der Waals surface area contributed by atoms with E-state index in [0.717, 1.165) is 4.90 Å². The molecule has 0 spiro atoms. The molecular weight excluding hydrogens is 233 g/mol. The highest BCUT2D eigenvalue weighted by Crippen LogP contribution is 2.35. The fraction of sp³-hybridized carbons (Fsp3) is 0.167. The molecule has 0 amide bonds. The van der Waals surface area contributed by atoms with Crippen LogP contribution in [0, 0.1) is 0 Å². The summed E-state index contributed by atoms with van der Waals surface area (Å²) in [4.78, 5) is 0.727. The van der Waals surface area contributed by atoms with Crippen LogP contribution in [0.2, 0.25) is 0 Å². The summed E-state index contributed by atoms with van der Waals surface area (Å²) >= 11 is 0. The number of benzene rings is 1. The summed E-state index contributed by atoms with van der Waals surface area (Å²) in [5.74, 6) is 0. The second kappa shape index (κ2) is 4.37. The lowest BCUT2D eigenvalue weighted by atomic mass is 10.3. The molecule has 1 aliphatic rings. The lowest BCUT2D eigenvalue weighted by molar-refractivity contribution is -0.120. The second-order valence-corrected chi connectivity index (χ2v) is 5.36. The zero-order valence-electron chi connectivity index (χ0n) is 8.32. The molecule has 1 aromatic carbocycles. The van der Waals surface area contributed by atoms with Gasteiger partial charge in [0.2, 0.25) is 5.25 Å². The topological polar surface area (TPSA) is 0 Å². The Hall–Kier alpha value is -1.16. The van der Waals surface area contributed by atoms with Gasteiger partial charge in [0.05, 0.1) is 10.9 Å². The summed E-state index contributed by atoms with van der Waals surface area (Å²) in [6.45, 7) is 0. The molecule has 0 saturated heterocycles. The molecule has 0 bridgehead atoms. The van der Waals surface area contributed by atoms with Crippen molar-refractivity contribution in [2.24, 2.45) is 0 Å². The van der Waals surface area contributed by atoms with Gasteiger partial charge in [-0.3, -0.25) is 0 Å². The van der Waals surface area contributed by atoms with Crippen LogP contribution >= 0.6 is 0 Å². The largest absolute Gasteiger partial charge is 0.441 e. The van der Waals surface area contributed by atoms with Crippen molar-refractivity contribution in [3.63, 3.8) is 0 Å². The van der Waals surface area contributed by atoms with Crippen molar-refractivity contribution in [3.8, 4) is 0 Å². The summed E-state index contributed by atoms with van der Waals surface area (Å²) in [6, 6.07) is 8.82. The van der Waals surface area contributed by atoms with E-state index in [-0.39, 0.29) is 0 Å². The lowest BCUT2D eigenvalue weighted by Gasteiger charge is -2.17. The van der Waals surface area contributed by atoms with E-state index in [4.69, 9.17) is 0 Å². The van der Waals surface area contributed by atoms with E-state index in [2.05, 4.69) is 0 Å². The summed E-state index contributed by atoms with van der Waals surface area (Å²) < 4.78 is 38.4. The molecule has 1 heterocycles. The third-order valence-corrected chi connectivity index (χ3v) is 4.47. The summed E-state index contributed by atoms with van der Waals surface area (Å²) in [7, 11) is -0.908. The van der Waals surface area contributed by atoms with Crippen molar-refractivity contribution < 1.29 is 13.2 Å². The molecule has 2 atom stereocenters. The molecule has 0 aromatic heterocycles. The monoisotopic (exact) mass is 243 g/mol. The Balaban J connectivity index is 2.33. The first kappa shape index (κ1) is 11.3. The number of allylic oxidation sites excluding steroid dienone is 2. The molecule has 4 heteroatoms. The molecule has 2 rings (SSSR count). The van der Waals surface area contributed by atoms with Gasteiger partial charge in [0.15, 0.2) is 4.90 Å². The van der Waals surface area contributed by atoms with Gasteiger partial charge >= 0.3 is 6.18 Å². The van der Waals surface area contributed by atoms with Crippen LogP contribution < -0.4 is 0 Å². The SMILES string of the molecule is FC(F)(F)C1C=CC=C[S+]1c1ccccc1. The predicted octanol–water partition coefficient (Wildman–Crippen LogP) is 3.68.